The highest BCUT2D eigenvalue weighted by Gasteiger charge is 2.31. The Balaban J connectivity index is 1.91. The molecule has 0 aromatic heterocycles. The summed E-state index contributed by atoms with van der Waals surface area (Å²) in [7, 11) is 1.55. The van der Waals surface area contributed by atoms with Crippen molar-refractivity contribution in [2.45, 2.75) is 18.6 Å². The molecule has 0 bridgehead atoms. The van der Waals surface area contributed by atoms with Crippen LogP contribution in [-0.4, -0.2) is 37.6 Å². The average Bonchev–Trinajstić information content (AvgIpc) is 2.85. The van der Waals surface area contributed by atoms with Gasteiger partial charge in [0.1, 0.15) is 17.4 Å². The molecule has 0 aliphatic carbocycles. The summed E-state index contributed by atoms with van der Waals surface area (Å²) in [5, 5.41) is 22.2. The van der Waals surface area contributed by atoms with Gasteiger partial charge in [0.2, 0.25) is 0 Å². The van der Waals surface area contributed by atoms with Crippen LogP contribution < -0.4 is 10.1 Å². The molecule has 1 heterocycles. The first kappa shape index (κ1) is 13.8. The van der Waals surface area contributed by atoms with Gasteiger partial charge in [-0.3, -0.25) is 0 Å². The van der Waals surface area contributed by atoms with Crippen molar-refractivity contribution in [3.8, 4) is 11.8 Å². The lowest BCUT2D eigenvalue weighted by molar-refractivity contribution is 0.0268. The topological polar surface area (TPSA) is 74.5 Å². The maximum absolute atomic E-state index is 10.1. The number of aliphatic hydroxyl groups is 1. The molecule has 0 saturated carbocycles. The van der Waals surface area contributed by atoms with Crippen molar-refractivity contribution in [1.29, 1.82) is 5.26 Å². The average molecular weight is 262 g/mol. The predicted octanol–water partition coefficient (Wildman–Crippen LogP) is 0.808. The summed E-state index contributed by atoms with van der Waals surface area (Å²) in [6.45, 7) is 2.11. The molecule has 0 radical (unpaired) electrons. The highest BCUT2D eigenvalue weighted by Crippen LogP contribution is 2.20. The molecule has 1 aromatic rings. The number of methoxy groups -OCH3 is 1. The Morgan fingerprint density at radius 1 is 1.58 bits per heavy atom. The molecule has 1 fully saturated rings. The van der Waals surface area contributed by atoms with E-state index in [-0.39, 0.29) is 0 Å². The second-order valence-electron chi connectivity index (χ2n) is 4.78. The highest BCUT2D eigenvalue weighted by molar-refractivity contribution is 5.45. The van der Waals surface area contributed by atoms with Gasteiger partial charge in [0.05, 0.1) is 19.3 Å². The van der Waals surface area contributed by atoms with Crippen molar-refractivity contribution in [3.63, 3.8) is 0 Å². The smallest absolute Gasteiger partial charge is 0.136 e. The summed E-state index contributed by atoms with van der Waals surface area (Å²) in [5.74, 6) is 0.574. The van der Waals surface area contributed by atoms with Crippen LogP contribution >= 0.6 is 0 Å². The fraction of sp³-hybridized carbons (Fsp3) is 0.500. The van der Waals surface area contributed by atoms with Gasteiger partial charge < -0.3 is 19.9 Å². The van der Waals surface area contributed by atoms with Crippen LogP contribution in [0.25, 0.3) is 0 Å². The quantitative estimate of drug-likeness (QED) is 0.821. The number of nitrogens with one attached hydrogen (secondary N) is 1. The van der Waals surface area contributed by atoms with E-state index in [1.54, 1.807) is 13.2 Å². The van der Waals surface area contributed by atoms with Gasteiger partial charge in [0.15, 0.2) is 0 Å². The van der Waals surface area contributed by atoms with Crippen LogP contribution in [0.5, 0.6) is 5.75 Å². The van der Waals surface area contributed by atoms with E-state index in [1.807, 2.05) is 12.1 Å². The predicted molar refractivity (Wildman–Crippen MR) is 69.8 cm³/mol. The third-order valence-electron chi connectivity index (χ3n) is 3.25. The summed E-state index contributed by atoms with van der Waals surface area (Å²) >= 11 is 0. The van der Waals surface area contributed by atoms with Crippen LogP contribution in [-0.2, 0) is 11.3 Å². The monoisotopic (exact) mass is 262 g/mol. The summed E-state index contributed by atoms with van der Waals surface area (Å²) in [5.41, 5.74) is 0.781. The lowest BCUT2D eigenvalue weighted by Gasteiger charge is -2.20. The molecule has 1 aliphatic rings. The molecule has 1 saturated heterocycles. The Morgan fingerprint density at radius 3 is 3.05 bits per heavy atom. The van der Waals surface area contributed by atoms with Gasteiger partial charge in [-0.05, 0) is 17.7 Å². The van der Waals surface area contributed by atoms with Crippen molar-refractivity contribution >= 4 is 0 Å². The largest absolute Gasteiger partial charge is 0.495 e. The molecule has 1 atom stereocenters. The standard InChI is InChI=1S/C14H18N2O3/c1-18-13-6-11(2-3-12(13)7-15)8-16-9-14(17)4-5-19-10-14/h2-3,6,16-17H,4-5,8-10H2,1H3. The first-order valence-corrected chi connectivity index (χ1v) is 6.25. The zero-order valence-corrected chi connectivity index (χ0v) is 11.0. The molecule has 5 nitrogen and oxygen atoms in total. The Bertz CT molecular complexity index is 476. The molecule has 2 rings (SSSR count). The van der Waals surface area contributed by atoms with Crippen LogP contribution in [0, 0.1) is 11.3 Å². The SMILES string of the molecule is COc1cc(CNCC2(O)CCOC2)ccc1C#N. The third kappa shape index (κ3) is 3.44. The van der Waals surface area contributed by atoms with Crippen molar-refractivity contribution in [2.75, 3.05) is 26.9 Å². The number of hydrogen-bond acceptors (Lipinski definition) is 5. The summed E-state index contributed by atoms with van der Waals surface area (Å²) in [6, 6.07) is 7.53. The molecule has 1 aromatic carbocycles. The number of ether oxygens (including phenoxy) is 2. The number of nitriles is 1. The molecule has 2 N–H and O–H groups in total. The number of hydrogen-bond donors (Lipinski definition) is 2. The Labute approximate surface area is 112 Å². The number of rotatable bonds is 5. The maximum atomic E-state index is 10.1. The lowest BCUT2D eigenvalue weighted by atomic mass is 10.0. The minimum absolute atomic E-state index is 0.386. The molecular formula is C14H18N2O3. The van der Waals surface area contributed by atoms with E-state index < -0.39 is 5.60 Å². The fourth-order valence-corrected chi connectivity index (χ4v) is 2.11. The molecule has 0 spiro atoms. The Kier molecular flexibility index (Phi) is 4.38. The molecule has 102 valence electrons. The van der Waals surface area contributed by atoms with E-state index in [2.05, 4.69) is 11.4 Å². The van der Waals surface area contributed by atoms with Crippen LogP contribution in [0.2, 0.25) is 0 Å². The van der Waals surface area contributed by atoms with Gasteiger partial charge in [0.25, 0.3) is 0 Å². The van der Waals surface area contributed by atoms with E-state index >= 15 is 0 Å². The van der Waals surface area contributed by atoms with E-state index in [0.29, 0.717) is 44.0 Å². The van der Waals surface area contributed by atoms with Crippen LogP contribution in [0.1, 0.15) is 17.5 Å². The lowest BCUT2D eigenvalue weighted by Crippen LogP contribution is -2.40. The van der Waals surface area contributed by atoms with Crippen LogP contribution in [0.4, 0.5) is 0 Å². The van der Waals surface area contributed by atoms with Gasteiger partial charge in [0, 0.05) is 26.1 Å². The zero-order valence-electron chi connectivity index (χ0n) is 11.0. The number of nitrogens with zero attached hydrogens (tertiary/aromatic N) is 1. The molecule has 1 unspecified atom stereocenters. The van der Waals surface area contributed by atoms with Crippen LogP contribution in [0.15, 0.2) is 18.2 Å². The van der Waals surface area contributed by atoms with Crippen molar-refractivity contribution < 1.29 is 14.6 Å². The zero-order chi connectivity index (χ0) is 13.7. The first-order chi connectivity index (χ1) is 9.17. The van der Waals surface area contributed by atoms with Gasteiger partial charge >= 0.3 is 0 Å². The highest BCUT2D eigenvalue weighted by atomic mass is 16.5. The van der Waals surface area contributed by atoms with Gasteiger partial charge in [-0.1, -0.05) is 6.07 Å². The molecule has 1 aliphatic heterocycles. The fourth-order valence-electron chi connectivity index (χ4n) is 2.11. The summed E-state index contributed by atoms with van der Waals surface area (Å²) in [6.07, 6.45) is 0.663. The molecule has 19 heavy (non-hydrogen) atoms. The van der Waals surface area contributed by atoms with Crippen molar-refractivity contribution in [1.82, 2.24) is 5.32 Å². The second-order valence-corrected chi connectivity index (χ2v) is 4.78. The minimum Gasteiger partial charge on any atom is -0.495 e. The Hall–Kier alpha value is -1.61. The summed E-state index contributed by atoms with van der Waals surface area (Å²) < 4.78 is 10.3. The molecular weight excluding hydrogens is 244 g/mol. The number of benzene rings is 1. The van der Waals surface area contributed by atoms with Crippen molar-refractivity contribution in [3.05, 3.63) is 29.3 Å². The van der Waals surface area contributed by atoms with Gasteiger partial charge in [-0.25, -0.2) is 0 Å². The van der Waals surface area contributed by atoms with Crippen molar-refractivity contribution in [2.24, 2.45) is 0 Å². The minimum atomic E-state index is -0.753. The Morgan fingerprint density at radius 2 is 2.42 bits per heavy atom. The van der Waals surface area contributed by atoms with E-state index in [9.17, 15) is 5.11 Å². The van der Waals surface area contributed by atoms with E-state index in [0.717, 1.165) is 5.56 Å². The maximum Gasteiger partial charge on any atom is 0.136 e. The normalized spacial score (nSPS) is 22.2. The molecule has 0 amide bonds. The van der Waals surface area contributed by atoms with E-state index in [1.165, 1.54) is 0 Å². The molecule has 5 heteroatoms. The van der Waals surface area contributed by atoms with Gasteiger partial charge in [-0.15, -0.1) is 0 Å². The van der Waals surface area contributed by atoms with Gasteiger partial charge in [-0.2, -0.15) is 5.26 Å². The first-order valence-electron chi connectivity index (χ1n) is 6.25. The third-order valence-corrected chi connectivity index (χ3v) is 3.25. The second kappa shape index (κ2) is 6.02. The summed E-state index contributed by atoms with van der Waals surface area (Å²) in [4.78, 5) is 0. The van der Waals surface area contributed by atoms with Crippen LogP contribution in [0.3, 0.4) is 0 Å². The van der Waals surface area contributed by atoms with E-state index in [4.69, 9.17) is 14.7 Å².